The van der Waals surface area contributed by atoms with Crippen molar-refractivity contribution in [1.82, 2.24) is 19.7 Å². The number of amides is 1. The van der Waals surface area contributed by atoms with Crippen LogP contribution in [0.3, 0.4) is 0 Å². The van der Waals surface area contributed by atoms with Crippen LogP contribution in [0.1, 0.15) is 16.8 Å². The lowest BCUT2D eigenvalue weighted by Gasteiger charge is -2.09. The molecule has 1 amide bonds. The summed E-state index contributed by atoms with van der Waals surface area (Å²) in [4.78, 5) is 32.0. The quantitative estimate of drug-likeness (QED) is 0.509. The third kappa shape index (κ3) is 4.04. The lowest BCUT2D eigenvalue weighted by Crippen LogP contribution is -2.21. The first-order valence-electron chi connectivity index (χ1n) is 9.17. The second kappa shape index (κ2) is 8.00. The van der Waals surface area contributed by atoms with E-state index in [9.17, 15) is 9.59 Å². The van der Waals surface area contributed by atoms with E-state index in [1.54, 1.807) is 56.3 Å². The molecule has 9 heteroatoms. The van der Waals surface area contributed by atoms with Crippen LogP contribution in [-0.4, -0.2) is 25.7 Å². The van der Waals surface area contributed by atoms with Crippen LogP contribution in [-0.2, 0) is 11.2 Å². The van der Waals surface area contributed by atoms with Crippen molar-refractivity contribution in [1.29, 1.82) is 0 Å². The monoisotopic (exact) mass is 423 g/mol. The fourth-order valence-corrected chi connectivity index (χ4v) is 3.01. The first kappa shape index (κ1) is 19.7. The van der Waals surface area contributed by atoms with Crippen molar-refractivity contribution in [2.45, 2.75) is 20.3 Å². The van der Waals surface area contributed by atoms with Crippen LogP contribution < -0.4 is 10.9 Å². The van der Waals surface area contributed by atoms with Gasteiger partial charge in [0.1, 0.15) is 11.5 Å². The molecule has 4 aromatic rings. The Morgan fingerprint density at radius 3 is 2.67 bits per heavy atom. The van der Waals surface area contributed by atoms with Gasteiger partial charge >= 0.3 is 0 Å². The fraction of sp³-hybridized carbons (Fsp3) is 0.143. The predicted octanol–water partition coefficient (Wildman–Crippen LogP) is 3.67. The Morgan fingerprint density at radius 1 is 1.23 bits per heavy atom. The number of aromatic amines is 1. The third-order valence-electron chi connectivity index (χ3n) is 4.61. The molecule has 152 valence electrons. The number of benzene rings is 1. The van der Waals surface area contributed by atoms with Crippen molar-refractivity contribution in [2.24, 2.45) is 0 Å². The Bertz CT molecular complexity index is 1260. The number of carbonyl (C=O) groups excluding carboxylic acids is 1. The Hall–Kier alpha value is -3.65. The highest BCUT2D eigenvalue weighted by atomic mass is 35.5. The van der Waals surface area contributed by atoms with Gasteiger partial charge in [0.2, 0.25) is 11.9 Å². The summed E-state index contributed by atoms with van der Waals surface area (Å²) >= 11 is 5.90. The molecule has 4 rings (SSSR count). The number of hydrogen-bond acceptors (Lipinski definition) is 5. The second-order valence-corrected chi connectivity index (χ2v) is 7.19. The van der Waals surface area contributed by atoms with Gasteiger partial charge in [-0.2, -0.15) is 9.78 Å². The summed E-state index contributed by atoms with van der Waals surface area (Å²) < 4.78 is 6.79. The van der Waals surface area contributed by atoms with Gasteiger partial charge in [-0.05, 0) is 43.7 Å². The summed E-state index contributed by atoms with van der Waals surface area (Å²) in [5.41, 5.74) is 2.12. The largest absolute Gasteiger partial charge is 0.463 e. The van der Waals surface area contributed by atoms with Gasteiger partial charge < -0.3 is 9.73 Å². The Balaban J connectivity index is 1.70. The van der Waals surface area contributed by atoms with Crippen molar-refractivity contribution in [3.8, 4) is 17.4 Å². The number of nitrogens with one attached hydrogen (secondary N) is 2. The molecule has 0 aliphatic carbocycles. The van der Waals surface area contributed by atoms with Crippen LogP contribution in [0.15, 0.2) is 57.9 Å². The molecule has 0 saturated heterocycles. The van der Waals surface area contributed by atoms with Crippen LogP contribution in [0.4, 0.5) is 5.82 Å². The van der Waals surface area contributed by atoms with Crippen LogP contribution in [0, 0.1) is 13.8 Å². The van der Waals surface area contributed by atoms with Gasteiger partial charge in [-0.25, -0.2) is 4.98 Å². The molecule has 30 heavy (non-hydrogen) atoms. The van der Waals surface area contributed by atoms with Gasteiger partial charge in [-0.1, -0.05) is 23.7 Å². The number of furan rings is 1. The molecule has 0 unspecified atom stereocenters. The minimum absolute atomic E-state index is 0.148. The standard InChI is InChI=1S/C21H18ClN5O3/c1-12-13(2)23-21(25-20(12)29)27-18(11-16(26-27)17-4-3-9-30-17)24-19(28)10-14-5-7-15(22)8-6-14/h3-9,11H,10H2,1-2H3,(H,24,28)(H,23,25,29). The topological polar surface area (TPSA) is 106 Å². The molecule has 0 fully saturated rings. The average Bonchev–Trinajstić information content (AvgIpc) is 3.37. The molecule has 0 radical (unpaired) electrons. The summed E-state index contributed by atoms with van der Waals surface area (Å²) in [5.74, 6) is 0.818. The smallest absolute Gasteiger partial charge is 0.255 e. The van der Waals surface area contributed by atoms with E-state index in [2.05, 4.69) is 20.4 Å². The summed E-state index contributed by atoms with van der Waals surface area (Å²) in [6.45, 7) is 3.43. The number of nitrogens with zero attached hydrogens (tertiary/aromatic N) is 3. The molecular formula is C21H18ClN5O3. The van der Waals surface area contributed by atoms with Gasteiger partial charge in [0.05, 0.1) is 12.7 Å². The molecule has 0 spiro atoms. The molecular weight excluding hydrogens is 406 g/mol. The van der Waals surface area contributed by atoms with E-state index in [0.717, 1.165) is 5.56 Å². The van der Waals surface area contributed by atoms with Gasteiger partial charge in [-0.15, -0.1) is 0 Å². The highest BCUT2D eigenvalue weighted by Crippen LogP contribution is 2.24. The van der Waals surface area contributed by atoms with Crippen molar-refractivity contribution in [3.05, 3.63) is 80.9 Å². The normalized spacial score (nSPS) is 10.9. The zero-order chi connectivity index (χ0) is 21.3. The fourth-order valence-electron chi connectivity index (χ4n) is 2.88. The molecule has 0 aliphatic rings. The number of hydrogen-bond donors (Lipinski definition) is 2. The second-order valence-electron chi connectivity index (χ2n) is 6.76. The lowest BCUT2D eigenvalue weighted by atomic mass is 10.1. The van der Waals surface area contributed by atoms with Crippen LogP contribution >= 0.6 is 11.6 Å². The van der Waals surface area contributed by atoms with Crippen LogP contribution in [0.5, 0.6) is 0 Å². The maximum Gasteiger partial charge on any atom is 0.255 e. The zero-order valence-corrected chi connectivity index (χ0v) is 17.0. The van der Waals surface area contributed by atoms with Gasteiger partial charge in [0.25, 0.3) is 5.56 Å². The van der Waals surface area contributed by atoms with E-state index >= 15 is 0 Å². The molecule has 3 aromatic heterocycles. The summed E-state index contributed by atoms with van der Waals surface area (Å²) in [7, 11) is 0. The Labute approximate surface area is 176 Å². The van der Waals surface area contributed by atoms with Crippen LogP contribution in [0.25, 0.3) is 17.4 Å². The van der Waals surface area contributed by atoms with E-state index in [0.29, 0.717) is 33.6 Å². The minimum atomic E-state index is -0.272. The molecule has 3 heterocycles. The molecule has 2 N–H and O–H groups in total. The van der Waals surface area contributed by atoms with E-state index < -0.39 is 0 Å². The van der Waals surface area contributed by atoms with Gasteiger partial charge in [0.15, 0.2) is 5.76 Å². The minimum Gasteiger partial charge on any atom is -0.463 e. The number of aromatic nitrogens is 4. The summed E-state index contributed by atoms with van der Waals surface area (Å²) in [5, 5.41) is 7.90. The van der Waals surface area contributed by atoms with E-state index in [4.69, 9.17) is 16.0 Å². The highest BCUT2D eigenvalue weighted by molar-refractivity contribution is 6.30. The van der Waals surface area contributed by atoms with E-state index in [1.165, 1.54) is 10.9 Å². The summed E-state index contributed by atoms with van der Waals surface area (Å²) in [6.07, 6.45) is 1.68. The first-order valence-corrected chi connectivity index (χ1v) is 9.54. The maximum absolute atomic E-state index is 12.6. The van der Waals surface area contributed by atoms with Crippen molar-refractivity contribution < 1.29 is 9.21 Å². The zero-order valence-electron chi connectivity index (χ0n) is 16.3. The molecule has 0 bridgehead atoms. The molecule has 1 aromatic carbocycles. The third-order valence-corrected chi connectivity index (χ3v) is 4.86. The average molecular weight is 424 g/mol. The number of aryl methyl sites for hydroxylation is 1. The lowest BCUT2D eigenvalue weighted by molar-refractivity contribution is -0.115. The first-order chi connectivity index (χ1) is 14.4. The van der Waals surface area contributed by atoms with Gasteiger partial charge in [0, 0.05) is 22.3 Å². The van der Waals surface area contributed by atoms with Crippen molar-refractivity contribution in [2.75, 3.05) is 5.32 Å². The van der Waals surface area contributed by atoms with Crippen molar-refractivity contribution in [3.63, 3.8) is 0 Å². The van der Waals surface area contributed by atoms with Gasteiger partial charge in [-0.3, -0.25) is 14.6 Å². The molecule has 0 saturated carbocycles. The maximum atomic E-state index is 12.6. The Kier molecular flexibility index (Phi) is 5.24. The van der Waals surface area contributed by atoms with Crippen LogP contribution in [0.2, 0.25) is 5.02 Å². The Morgan fingerprint density at radius 2 is 2.00 bits per heavy atom. The number of halogens is 1. The highest BCUT2D eigenvalue weighted by Gasteiger charge is 2.17. The van der Waals surface area contributed by atoms with E-state index in [1.807, 2.05) is 0 Å². The number of anilines is 1. The number of carbonyl (C=O) groups is 1. The number of H-pyrrole nitrogens is 1. The SMILES string of the molecule is Cc1nc(-n2nc(-c3ccco3)cc2NC(=O)Cc2ccc(Cl)cc2)[nH]c(=O)c1C. The van der Waals surface area contributed by atoms with Crippen molar-refractivity contribution >= 4 is 23.3 Å². The molecule has 0 aliphatic heterocycles. The molecule has 0 atom stereocenters. The van der Waals surface area contributed by atoms with E-state index in [-0.39, 0.29) is 23.8 Å². The molecule has 8 nitrogen and oxygen atoms in total. The predicted molar refractivity (Wildman–Crippen MR) is 113 cm³/mol. The number of rotatable bonds is 5. The summed E-state index contributed by atoms with van der Waals surface area (Å²) in [6, 6.07) is 12.2.